The molecule has 0 saturated heterocycles. The van der Waals surface area contributed by atoms with Gasteiger partial charge >= 0.3 is 0 Å². The number of hydrogen-bond donors (Lipinski definition) is 3. The van der Waals surface area contributed by atoms with Gasteiger partial charge in [0, 0.05) is 13.0 Å². The number of aliphatic hydroxyl groups excluding tert-OH is 1. The van der Waals surface area contributed by atoms with Crippen molar-refractivity contribution >= 4 is 0 Å². The van der Waals surface area contributed by atoms with Gasteiger partial charge in [-0.05, 0) is 12.1 Å². The molecule has 2 rings (SSSR count). The summed E-state index contributed by atoms with van der Waals surface area (Å²) in [5, 5.41) is 18.6. The molecule has 0 amide bonds. The van der Waals surface area contributed by atoms with Gasteiger partial charge in [-0.2, -0.15) is 5.10 Å². The number of aromatic amines is 1. The highest BCUT2D eigenvalue weighted by Gasteiger charge is 2.00. The summed E-state index contributed by atoms with van der Waals surface area (Å²) in [6, 6.07) is 3.63. The van der Waals surface area contributed by atoms with E-state index in [1.807, 2.05) is 6.07 Å². The Morgan fingerprint density at radius 1 is 1.38 bits per heavy atom. The minimum absolute atomic E-state index is 0.0575. The van der Waals surface area contributed by atoms with Crippen molar-refractivity contribution in [1.82, 2.24) is 20.5 Å². The van der Waals surface area contributed by atoms with Crippen LogP contribution < -0.4 is 5.32 Å². The molecule has 0 atom stereocenters. The van der Waals surface area contributed by atoms with Crippen LogP contribution in [0, 0.1) is 0 Å². The van der Waals surface area contributed by atoms with Gasteiger partial charge < -0.3 is 14.8 Å². The number of aromatic nitrogens is 3. The Kier molecular flexibility index (Phi) is 3.68. The quantitative estimate of drug-likeness (QED) is 0.609. The molecule has 0 radical (unpaired) electrons. The zero-order chi connectivity index (χ0) is 11.2. The summed E-state index contributed by atoms with van der Waals surface area (Å²) in [5.41, 5.74) is 0. The average Bonchev–Trinajstić information content (AvgIpc) is 2.95. The molecule has 6 nitrogen and oxygen atoms in total. The van der Waals surface area contributed by atoms with Crippen LogP contribution in [-0.2, 0) is 19.6 Å². The highest BCUT2D eigenvalue weighted by molar-refractivity contribution is 5.06. The van der Waals surface area contributed by atoms with Crippen molar-refractivity contribution in [3.05, 3.63) is 35.8 Å². The first-order chi connectivity index (χ1) is 7.88. The highest BCUT2D eigenvalue weighted by Crippen LogP contribution is 2.06. The Labute approximate surface area is 92.7 Å². The molecule has 3 N–H and O–H groups in total. The Morgan fingerprint density at radius 2 is 2.25 bits per heavy atom. The van der Waals surface area contributed by atoms with Crippen LogP contribution in [0.2, 0.25) is 0 Å². The summed E-state index contributed by atoms with van der Waals surface area (Å²) in [5.74, 6) is 2.27. The third-order valence-corrected chi connectivity index (χ3v) is 2.18. The number of H-pyrrole nitrogens is 1. The first-order valence-electron chi connectivity index (χ1n) is 5.12. The smallest absolute Gasteiger partial charge is 0.137 e. The van der Waals surface area contributed by atoms with E-state index in [0.29, 0.717) is 12.3 Å². The van der Waals surface area contributed by atoms with Crippen LogP contribution in [0.3, 0.4) is 0 Å². The van der Waals surface area contributed by atoms with Crippen molar-refractivity contribution in [3.63, 3.8) is 0 Å². The van der Waals surface area contributed by atoms with E-state index < -0.39 is 0 Å². The number of aliphatic hydroxyl groups is 1. The SMILES string of the molecule is OCc1ccc(CNCCc2ncn[nH]2)o1. The minimum atomic E-state index is -0.0575. The monoisotopic (exact) mass is 222 g/mol. The summed E-state index contributed by atoms with van der Waals surface area (Å²) in [7, 11) is 0. The maximum atomic E-state index is 8.81. The van der Waals surface area contributed by atoms with Crippen molar-refractivity contribution in [2.45, 2.75) is 19.6 Å². The van der Waals surface area contributed by atoms with Gasteiger partial charge in [-0.1, -0.05) is 0 Å². The summed E-state index contributed by atoms with van der Waals surface area (Å²) in [6.07, 6.45) is 2.29. The van der Waals surface area contributed by atoms with Crippen molar-refractivity contribution in [2.24, 2.45) is 0 Å². The number of hydrogen-bond acceptors (Lipinski definition) is 5. The Morgan fingerprint density at radius 3 is 2.94 bits per heavy atom. The van der Waals surface area contributed by atoms with Gasteiger partial charge in [-0.15, -0.1) is 0 Å². The maximum Gasteiger partial charge on any atom is 0.137 e. The van der Waals surface area contributed by atoms with E-state index in [9.17, 15) is 0 Å². The molecule has 86 valence electrons. The maximum absolute atomic E-state index is 8.81. The molecule has 0 unspecified atom stereocenters. The fourth-order valence-electron chi connectivity index (χ4n) is 1.37. The Bertz CT molecular complexity index is 410. The van der Waals surface area contributed by atoms with Crippen molar-refractivity contribution in [1.29, 1.82) is 0 Å². The minimum Gasteiger partial charge on any atom is -0.462 e. The van der Waals surface area contributed by atoms with Gasteiger partial charge in [-0.3, -0.25) is 5.10 Å². The first-order valence-corrected chi connectivity index (χ1v) is 5.12. The number of rotatable bonds is 6. The van der Waals surface area contributed by atoms with E-state index in [0.717, 1.165) is 24.6 Å². The molecule has 2 aromatic rings. The van der Waals surface area contributed by atoms with Gasteiger partial charge in [0.15, 0.2) is 0 Å². The van der Waals surface area contributed by atoms with E-state index in [1.165, 1.54) is 6.33 Å². The summed E-state index contributed by atoms with van der Waals surface area (Å²) >= 11 is 0. The van der Waals surface area contributed by atoms with Crippen LogP contribution in [0.5, 0.6) is 0 Å². The van der Waals surface area contributed by atoms with Gasteiger partial charge in [-0.25, -0.2) is 4.98 Å². The van der Waals surface area contributed by atoms with Crippen LogP contribution in [0.25, 0.3) is 0 Å². The van der Waals surface area contributed by atoms with E-state index in [4.69, 9.17) is 9.52 Å². The number of nitrogens with zero attached hydrogens (tertiary/aromatic N) is 2. The molecule has 0 spiro atoms. The summed E-state index contributed by atoms with van der Waals surface area (Å²) < 4.78 is 5.32. The molecule has 6 heteroatoms. The molecule has 0 saturated carbocycles. The van der Waals surface area contributed by atoms with Gasteiger partial charge in [0.05, 0.1) is 6.54 Å². The topological polar surface area (TPSA) is 87.0 Å². The second-order valence-electron chi connectivity index (χ2n) is 3.39. The molecule has 2 heterocycles. The molecule has 0 fully saturated rings. The lowest BCUT2D eigenvalue weighted by Crippen LogP contribution is -2.16. The van der Waals surface area contributed by atoms with Crippen molar-refractivity contribution in [3.8, 4) is 0 Å². The predicted octanol–water partition coefficient (Wildman–Crippen LogP) is 0.222. The van der Waals surface area contributed by atoms with Gasteiger partial charge in [0.2, 0.25) is 0 Å². The van der Waals surface area contributed by atoms with Crippen LogP contribution >= 0.6 is 0 Å². The van der Waals surface area contributed by atoms with E-state index in [1.54, 1.807) is 6.07 Å². The van der Waals surface area contributed by atoms with Crippen LogP contribution in [0.4, 0.5) is 0 Å². The molecule has 2 aromatic heterocycles. The lowest BCUT2D eigenvalue weighted by atomic mass is 10.4. The van der Waals surface area contributed by atoms with E-state index in [-0.39, 0.29) is 6.61 Å². The third-order valence-electron chi connectivity index (χ3n) is 2.18. The van der Waals surface area contributed by atoms with Gasteiger partial charge in [0.25, 0.3) is 0 Å². The lowest BCUT2D eigenvalue weighted by Gasteiger charge is -2.00. The third kappa shape index (κ3) is 2.91. The van der Waals surface area contributed by atoms with Crippen LogP contribution in [0.1, 0.15) is 17.3 Å². The molecular formula is C10H14N4O2. The zero-order valence-corrected chi connectivity index (χ0v) is 8.81. The lowest BCUT2D eigenvalue weighted by molar-refractivity contribution is 0.243. The standard InChI is InChI=1S/C10H14N4O2/c15-6-9-2-1-8(16-9)5-11-4-3-10-12-7-13-14-10/h1-2,7,11,15H,3-6H2,(H,12,13,14). The average molecular weight is 222 g/mol. The van der Waals surface area contributed by atoms with Crippen LogP contribution in [-0.4, -0.2) is 26.8 Å². The Hall–Kier alpha value is -1.66. The van der Waals surface area contributed by atoms with Crippen molar-refractivity contribution < 1.29 is 9.52 Å². The normalized spacial score (nSPS) is 10.8. The first kappa shape index (κ1) is 10.8. The molecule has 0 aliphatic rings. The highest BCUT2D eigenvalue weighted by atomic mass is 16.4. The summed E-state index contributed by atoms with van der Waals surface area (Å²) in [4.78, 5) is 4.02. The van der Waals surface area contributed by atoms with Crippen molar-refractivity contribution in [2.75, 3.05) is 6.54 Å². The van der Waals surface area contributed by atoms with E-state index >= 15 is 0 Å². The Balaban J connectivity index is 1.68. The molecule has 0 aromatic carbocycles. The summed E-state index contributed by atoms with van der Waals surface area (Å²) in [6.45, 7) is 1.39. The molecule has 0 bridgehead atoms. The molecule has 0 aliphatic carbocycles. The second kappa shape index (κ2) is 5.43. The van der Waals surface area contributed by atoms with Crippen LogP contribution in [0.15, 0.2) is 22.9 Å². The number of furan rings is 1. The zero-order valence-electron chi connectivity index (χ0n) is 8.81. The predicted molar refractivity (Wildman–Crippen MR) is 56.4 cm³/mol. The molecule has 16 heavy (non-hydrogen) atoms. The second-order valence-corrected chi connectivity index (χ2v) is 3.39. The largest absolute Gasteiger partial charge is 0.462 e. The molecular weight excluding hydrogens is 208 g/mol. The van der Waals surface area contributed by atoms with Gasteiger partial charge in [0.1, 0.15) is 30.3 Å². The van der Waals surface area contributed by atoms with E-state index in [2.05, 4.69) is 20.5 Å². The fraction of sp³-hybridized carbons (Fsp3) is 0.400. The number of nitrogens with one attached hydrogen (secondary N) is 2. The molecule has 0 aliphatic heterocycles. The fourth-order valence-corrected chi connectivity index (χ4v) is 1.37.